The first-order chi connectivity index (χ1) is 13.8. The summed E-state index contributed by atoms with van der Waals surface area (Å²) in [6.45, 7) is 5.48. The summed E-state index contributed by atoms with van der Waals surface area (Å²) in [6.07, 6.45) is -2.10. The number of rotatable bonds is 10. The van der Waals surface area contributed by atoms with E-state index >= 15 is 0 Å². The van der Waals surface area contributed by atoms with Crippen LogP contribution in [0.5, 0.6) is 0 Å². The van der Waals surface area contributed by atoms with E-state index in [1.165, 1.54) is 12.3 Å². The SMILES string of the molecule is CCCOC(CC)(CC)C(=O)ONc1ccn([C@@H]2O[C@H](CO)[C@@H](O)[C@H]2O)c(=O)n1. The largest absolute Gasteiger partial charge is 0.394 e. The Labute approximate surface area is 168 Å². The summed E-state index contributed by atoms with van der Waals surface area (Å²) in [4.78, 5) is 33.6. The van der Waals surface area contributed by atoms with Gasteiger partial charge in [0.05, 0.1) is 6.61 Å². The molecule has 1 aromatic heterocycles. The van der Waals surface area contributed by atoms with Crippen molar-refractivity contribution in [1.29, 1.82) is 0 Å². The average Bonchev–Trinajstić information content (AvgIpc) is 3.01. The molecular formula is C18H29N3O8. The zero-order valence-electron chi connectivity index (χ0n) is 16.8. The molecule has 11 heteroatoms. The molecule has 4 N–H and O–H groups in total. The van der Waals surface area contributed by atoms with Gasteiger partial charge in [-0.3, -0.25) is 4.57 Å². The number of aliphatic hydroxyl groups is 3. The van der Waals surface area contributed by atoms with Gasteiger partial charge in [0.15, 0.2) is 17.6 Å². The van der Waals surface area contributed by atoms with Crippen molar-refractivity contribution in [2.45, 2.75) is 70.2 Å². The first-order valence-electron chi connectivity index (χ1n) is 9.66. The minimum atomic E-state index is -1.41. The van der Waals surface area contributed by atoms with Gasteiger partial charge in [-0.15, -0.1) is 0 Å². The van der Waals surface area contributed by atoms with Crippen molar-refractivity contribution in [3.63, 3.8) is 0 Å². The number of carbonyl (C=O) groups excluding carboxylic acids is 1. The molecular weight excluding hydrogens is 386 g/mol. The number of ether oxygens (including phenoxy) is 2. The maximum Gasteiger partial charge on any atom is 0.363 e. The van der Waals surface area contributed by atoms with Gasteiger partial charge in [0, 0.05) is 18.9 Å². The standard InChI is InChI=1S/C18H29N3O8/c1-4-9-27-18(5-2,6-3)16(25)29-20-12-7-8-21(17(26)19-12)15-14(24)13(23)11(10-22)28-15/h7-8,11,13-15,22-24H,4-6,9-10H2,1-3H3,(H,19,20,26)/t11-,13-,14-,15-/m1/s1. The smallest absolute Gasteiger partial charge is 0.363 e. The van der Waals surface area contributed by atoms with Crippen LogP contribution in [0, 0.1) is 0 Å². The zero-order valence-corrected chi connectivity index (χ0v) is 16.8. The van der Waals surface area contributed by atoms with E-state index in [4.69, 9.17) is 19.4 Å². The Hall–Kier alpha value is -2.05. The van der Waals surface area contributed by atoms with E-state index < -0.39 is 48.4 Å². The molecule has 0 bridgehead atoms. The average molecular weight is 415 g/mol. The van der Waals surface area contributed by atoms with Crippen LogP contribution in [0.25, 0.3) is 0 Å². The molecule has 2 heterocycles. The number of aromatic nitrogens is 2. The molecule has 29 heavy (non-hydrogen) atoms. The predicted molar refractivity (Wildman–Crippen MR) is 101 cm³/mol. The van der Waals surface area contributed by atoms with E-state index in [1.807, 2.05) is 20.8 Å². The molecule has 0 radical (unpaired) electrons. The topological polar surface area (TPSA) is 152 Å². The maximum atomic E-state index is 12.5. The van der Waals surface area contributed by atoms with Crippen molar-refractivity contribution < 1.29 is 34.4 Å². The van der Waals surface area contributed by atoms with Crippen molar-refractivity contribution in [2.24, 2.45) is 0 Å². The van der Waals surface area contributed by atoms with E-state index in [2.05, 4.69) is 10.5 Å². The van der Waals surface area contributed by atoms with Crippen LogP contribution in [0.2, 0.25) is 0 Å². The Balaban J connectivity index is 2.07. The molecule has 4 atom stereocenters. The maximum absolute atomic E-state index is 12.5. The van der Waals surface area contributed by atoms with E-state index in [-0.39, 0.29) is 5.82 Å². The summed E-state index contributed by atoms with van der Waals surface area (Å²) in [7, 11) is 0. The van der Waals surface area contributed by atoms with Gasteiger partial charge in [-0.25, -0.2) is 15.1 Å². The number of carbonyl (C=O) groups is 1. The minimum Gasteiger partial charge on any atom is -0.394 e. The summed E-state index contributed by atoms with van der Waals surface area (Å²) in [5, 5.41) is 29.0. The second-order valence-electron chi connectivity index (χ2n) is 6.77. The number of hydrogen-bond acceptors (Lipinski definition) is 10. The molecule has 1 aliphatic heterocycles. The lowest BCUT2D eigenvalue weighted by Gasteiger charge is -2.28. The lowest BCUT2D eigenvalue weighted by Crippen LogP contribution is -2.43. The molecule has 1 aliphatic rings. The van der Waals surface area contributed by atoms with E-state index in [9.17, 15) is 19.8 Å². The Kier molecular flexibility index (Phi) is 8.11. The Morgan fingerprint density at radius 3 is 2.52 bits per heavy atom. The van der Waals surface area contributed by atoms with Crippen molar-refractivity contribution in [2.75, 3.05) is 18.7 Å². The van der Waals surface area contributed by atoms with Crippen molar-refractivity contribution in [3.8, 4) is 0 Å². The number of nitrogens with zero attached hydrogens (tertiary/aromatic N) is 2. The van der Waals surface area contributed by atoms with Gasteiger partial charge >= 0.3 is 11.7 Å². The molecule has 11 nitrogen and oxygen atoms in total. The fourth-order valence-corrected chi connectivity index (χ4v) is 3.06. The van der Waals surface area contributed by atoms with Gasteiger partial charge < -0.3 is 29.6 Å². The number of hydrogen-bond donors (Lipinski definition) is 4. The van der Waals surface area contributed by atoms with Crippen LogP contribution in [-0.4, -0.2) is 68.0 Å². The van der Waals surface area contributed by atoms with Crippen LogP contribution in [0.1, 0.15) is 46.3 Å². The normalized spacial score (nSPS) is 24.5. The van der Waals surface area contributed by atoms with E-state index in [1.54, 1.807) is 0 Å². The van der Waals surface area contributed by atoms with Gasteiger partial charge in [0.1, 0.15) is 18.3 Å². The van der Waals surface area contributed by atoms with Crippen LogP contribution >= 0.6 is 0 Å². The minimum absolute atomic E-state index is 0.0251. The second kappa shape index (κ2) is 10.1. The number of nitrogens with one attached hydrogen (secondary N) is 1. The molecule has 0 spiro atoms. The lowest BCUT2D eigenvalue weighted by atomic mass is 9.97. The summed E-state index contributed by atoms with van der Waals surface area (Å²) in [5.41, 5.74) is 0.453. The van der Waals surface area contributed by atoms with Gasteiger partial charge in [-0.05, 0) is 19.3 Å². The Morgan fingerprint density at radius 1 is 1.31 bits per heavy atom. The van der Waals surface area contributed by atoms with Gasteiger partial charge in [-0.1, -0.05) is 20.8 Å². The van der Waals surface area contributed by atoms with Crippen molar-refractivity contribution in [1.82, 2.24) is 9.55 Å². The summed E-state index contributed by atoms with van der Waals surface area (Å²) < 4.78 is 12.0. The third-order valence-electron chi connectivity index (χ3n) is 4.97. The molecule has 0 aliphatic carbocycles. The summed E-state index contributed by atoms with van der Waals surface area (Å²) in [6, 6.07) is 1.34. The first-order valence-corrected chi connectivity index (χ1v) is 9.66. The first kappa shape index (κ1) is 23.2. The molecule has 1 saturated heterocycles. The van der Waals surface area contributed by atoms with Crippen molar-refractivity contribution >= 4 is 11.8 Å². The van der Waals surface area contributed by atoms with Crippen molar-refractivity contribution in [3.05, 3.63) is 22.7 Å². The lowest BCUT2D eigenvalue weighted by molar-refractivity contribution is -0.171. The highest BCUT2D eigenvalue weighted by Crippen LogP contribution is 2.28. The highest BCUT2D eigenvalue weighted by atomic mass is 16.7. The highest BCUT2D eigenvalue weighted by molar-refractivity contribution is 5.80. The van der Waals surface area contributed by atoms with E-state index in [0.29, 0.717) is 19.4 Å². The van der Waals surface area contributed by atoms with Crippen LogP contribution < -0.4 is 11.2 Å². The van der Waals surface area contributed by atoms with Crippen LogP contribution in [-0.2, 0) is 19.1 Å². The van der Waals surface area contributed by atoms with Crippen LogP contribution in [0.4, 0.5) is 5.82 Å². The fourth-order valence-electron chi connectivity index (χ4n) is 3.06. The highest BCUT2D eigenvalue weighted by Gasteiger charge is 2.44. The third kappa shape index (κ3) is 4.93. The van der Waals surface area contributed by atoms with Gasteiger partial charge in [0.25, 0.3) is 0 Å². The number of anilines is 1. The molecule has 0 amide bonds. The molecule has 1 aromatic rings. The van der Waals surface area contributed by atoms with Gasteiger partial charge in [0.2, 0.25) is 0 Å². The summed E-state index contributed by atoms with van der Waals surface area (Å²) >= 11 is 0. The Bertz CT molecular complexity index is 736. The quantitative estimate of drug-likeness (QED) is 0.375. The molecule has 0 saturated carbocycles. The fraction of sp³-hybridized carbons (Fsp3) is 0.722. The number of aliphatic hydroxyl groups excluding tert-OH is 3. The predicted octanol–water partition coefficient (Wildman–Crippen LogP) is -0.290. The summed E-state index contributed by atoms with van der Waals surface area (Å²) in [5.74, 6) is -0.645. The molecule has 2 rings (SSSR count). The van der Waals surface area contributed by atoms with Gasteiger partial charge in [-0.2, -0.15) is 4.98 Å². The second-order valence-corrected chi connectivity index (χ2v) is 6.77. The molecule has 0 aromatic carbocycles. The molecule has 1 fully saturated rings. The zero-order chi connectivity index (χ0) is 21.6. The Morgan fingerprint density at radius 2 is 2.00 bits per heavy atom. The molecule has 0 unspecified atom stereocenters. The third-order valence-corrected chi connectivity index (χ3v) is 4.97. The molecule has 164 valence electrons. The van der Waals surface area contributed by atoms with Crippen LogP contribution in [0.15, 0.2) is 17.1 Å². The monoisotopic (exact) mass is 415 g/mol. The van der Waals surface area contributed by atoms with E-state index in [0.717, 1.165) is 11.0 Å². The van der Waals surface area contributed by atoms with Crippen LogP contribution in [0.3, 0.4) is 0 Å².